The first-order chi connectivity index (χ1) is 8.97. The summed E-state index contributed by atoms with van der Waals surface area (Å²) in [6.07, 6.45) is 3.92. The summed E-state index contributed by atoms with van der Waals surface area (Å²) in [6.45, 7) is 7.27. The van der Waals surface area contributed by atoms with Crippen LogP contribution in [0, 0.1) is 0 Å². The van der Waals surface area contributed by atoms with Crippen LogP contribution in [0.1, 0.15) is 31.5 Å². The molecule has 0 saturated heterocycles. The van der Waals surface area contributed by atoms with Crippen LogP contribution in [0.25, 0.3) is 0 Å². The van der Waals surface area contributed by atoms with Gasteiger partial charge in [-0.25, -0.2) is 15.0 Å². The number of nitrogens with one attached hydrogen (secondary N) is 1. The van der Waals surface area contributed by atoms with Gasteiger partial charge in [-0.3, -0.25) is 0 Å². The number of rotatable bonds is 4. The zero-order valence-corrected chi connectivity index (χ0v) is 12.8. The Morgan fingerprint density at radius 3 is 2.79 bits per heavy atom. The van der Waals surface area contributed by atoms with E-state index in [1.54, 1.807) is 17.5 Å². The predicted molar refractivity (Wildman–Crippen MR) is 80.0 cm³/mol. The molecule has 0 atom stereocenters. The van der Waals surface area contributed by atoms with Gasteiger partial charge in [-0.05, 0) is 0 Å². The summed E-state index contributed by atoms with van der Waals surface area (Å²) in [5, 5.41) is 6.99. The molecule has 6 heteroatoms. The second kappa shape index (κ2) is 5.84. The Labute approximate surface area is 122 Å². The quantitative estimate of drug-likeness (QED) is 0.937. The molecule has 2 aromatic rings. The first-order valence-electron chi connectivity index (χ1n) is 6.11. The molecule has 102 valence electrons. The molecular formula is C13H17ClN4S. The monoisotopic (exact) mass is 296 g/mol. The highest BCUT2D eigenvalue weighted by Gasteiger charge is 2.17. The molecule has 0 amide bonds. The average Bonchev–Trinajstić information content (AvgIpc) is 2.80. The third-order valence-electron chi connectivity index (χ3n) is 2.62. The van der Waals surface area contributed by atoms with Crippen LogP contribution in [0.2, 0.25) is 5.02 Å². The zero-order chi connectivity index (χ0) is 13.9. The summed E-state index contributed by atoms with van der Waals surface area (Å²) < 4.78 is 0. The molecule has 0 aliphatic carbocycles. The largest absolute Gasteiger partial charge is 0.368 e. The van der Waals surface area contributed by atoms with Crippen molar-refractivity contribution in [2.75, 3.05) is 11.9 Å². The smallest absolute Gasteiger partial charge is 0.148 e. The third-order valence-corrected chi connectivity index (χ3v) is 3.80. The molecule has 0 fully saturated rings. The molecular weight excluding hydrogens is 280 g/mol. The molecule has 2 rings (SSSR count). The molecule has 0 aromatic carbocycles. The van der Waals surface area contributed by atoms with Crippen molar-refractivity contribution >= 4 is 28.8 Å². The SMILES string of the molecule is CC(C)(C)c1csc(CCNc2ncncc2Cl)n1. The minimum absolute atomic E-state index is 0.109. The lowest BCUT2D eigenvalue weighted by molar-refractivity contribution is 0.571. The van der Waals surface area contributed by atoms with E-state index >= 15 is 0 Å². The molecule has 4 nitrogen and oxygen atoms in total. The highest BCUT2D eigenvalue weighted by Crippen LogP contribution is 2.24. The van der Waals surface area contributed by atoms with Gasteiger partial charge < -0.3 is 5.32 Å². The van der Waals surface area contributed by atoms with Gasteiger partial charge in [-0.15, -0.1) is 11.3 Å². The van der Waals surface area contributed by atoms with E-state index in [2.05, 4.69) is 46.4 Å². The summed E-state index contributed by atoms with van der Waals surface area (Å²) >= 11 is 7.67. The molecule has 19 heavy (non-hydrogen) atoms. The Morgan fingerprint density at radius 2 is 2.16 bits per heavy atom. The minimum Gasteiger partial charge on any atom is -0.368 e. The molecule has 0 bridgehead atoms. The Hall–Kier alpha value is -1.20. The summed E-state index contributed by atoms with van der Waals surface area (Å²) in [7, 11) is 0. The molecule has 1 N–H and O–H groups in total. The second-order valence-corrected chi connectivity index (χ2v) is 6.62. The fourth-order valence-corrected chi connectivity index (χ4v) is 2.70. The third kappa shape index (κ3) is 3.88. The van der Waals surface area contributed by atoms with Crippen molar-refractivity contribution in [3.05, 3.63) is 33.6 Å². The highest BCUT2D eigenvalue weighted by atomic mass is 35.5. The number of nitrogens with zero attached hydrogens (tertiary/aromatic N) is 3. The number of anilines is 1. The minimum atomic E-state index is 0.109. The molecule has 0 unspecified atom stereocenters. The van der Waals surface area contributed by atoms with E-state index in [9.17, 15) is 0 Å². The summed E-state index contributed by atoms with van der Waals surface area (Å²) in [4.78, 5) is 12.6. The summed E-state index contributed by atoms with van der Waals surface area (Å²) in [5.74, 6) is 0.671. The Balaban J connectivity index is 1.90. The normalized spacial score (nSPS) is 11.6. The molecule has 0 aliphatic heterocycles. The van der Waals surface area contributed by atoms with Crippen LogP contribution < -0.4 is 5.32 Å². The number of halogens is 1. The summed E-state index contributed by atoms with van der Waals surface area (Å²) in [6, 6.07) is 0. The Bertz CT molecular complexity index is 548. The lowest BCUT2D eigenvalue weighted by atomic mass is 9.93. The van der Waals surface area contributed by atoms with Crippen molar-refractivity contribution in [2.45, 2.75) is 32.6 Å². The first kappa shape index (κ1) is 14.2. The number of hydrogen-bond donors (Lipinski definition) is 1. The highest BCUT2D eigenvalue weighted by molar-refractivity contribution is 7.09. The number of thiazole rings is 1. The molecule has 0 radical (unpaired) electrons. The van der Waals surface area contributed by atoms with E-state index in [0.29, 0.717) is 10.8 Å². The van der Waals surface area contributed by atoms with E-state index in [0.717, 1.165) is 23.7 Å². The van der Waals surface area contributed by atoms with Crippen LogP contribution in [-0.2, 0) is 11.8 Å². The number of hydrogen-bond acceptors (Lipinski definition) is 5. The molecule has 2 aromatic heterocycles. The molecule has 0 aliphatic rings. The van der Waals surface area contributed by atoms with Crippen molar-refractivity contribution in [3.8, 4) is 0 Å². The Kier molecular flexibility index (Phi) is 4.37. The fourth-order valence-electron chi connectivity index (χ4n) is 1.50. The van der Waals surface area contributed by atoms with Crippen LogP contribution in [0.5, 0.6) is 0 Å². The topological polar surface area (TPSA) is 50.7 Å². The van der Waals surface area contributed by atoms with Gasteiger partial charge in [-0.2, -0.15) is 0 Å². The fraction of sp³-hybridized carbons (Fsp3) is 0.462. The van der Waals surface area contributed by atoms with Crippen LogP contribution in [-0.4, -0.2) is 21.5 Å². The van der Waals surface area contributed by atoms with Gasteiger partial charge in [0.25, 0.3) is 0 Å². The van der Waals surface area contributed by atoms with Crippen LogP contribution >= 0.6 is 22.9 Å². The van der Waals surface area contributed by atoms with Crippen molar-refractivity contribution in [2.24, 2.45) is 0 Å². The van der Waals surface area contributed by atoms with Gasteiger partial charge in [-0.1, -0.05) is 32.4 Å². The van der Waals surface area contributed by atoms with Crippen molar-refractivity contribution < 1.29 is 0 Å². The van der Waals surface area contributed by atoms with Crippen LogP contribution in [0.4, 0.5) is 5.82 Å². The van der Waals surface area contributed by atoms with Crippen molar-refractivity contribution in [1.29, 1.82) is 0 Å². The van der Waals surface area contributed by atoms with E-state index in [4.69, 9.17) is 11.6 Å². The van der Waals surface area contributed by atoms with E-state index in [1.807, 2.05) is 0 Å². The van der Waals surface area contributed by atoms with Crippen molar-refractivity contribution in [3.63, 3.8) is 0 Å². The number of aromatic nitrogens is 3. The zero-order valence-electron chi connectivity index (χ0n) is 11.3. The molecule has 0 saturated carbocycles. The Morgan fingerprint density at radius 1 is 1.37 bits per heavy atom. The maximum atomic E-state index is 5.97. The van der Waals surface area contributed by atoms with Crippen LogP contribution in [0.15, 0.2) is 17.9 Å². The lowest BCUT2D eigenvalue weighted by Gasteiger charge is -2.14. The molecule has 0 spiro atoms. The molecule has 2 heterocycles. The maximum Gasteiger partial charge on any atom is 0.148 e. The van der Waals surface area contributed by atoms with Gasteiger partial charge in [0.15, 0.2) is 0 Å². The van der Waals surface area contributed by atoms with Crippen LogP contribution in [0.3, 0.4) is 0 Å². The van der Waals surface area contributed by atoms with E-state index < -0.39 is 0 Å². The van der Waals surface area contributed by atoms with Gasteiger partial charge >= 0.3 is 0 Å². The van der Waals surface area contributed by atoms with Gasteiger partial charge in [0.05, 0.1) is 16.9 Å². The van der Waals surface area contributed by atoms with E-state index in [1.165, 1.54) is 6.33 Å². The summed E-state index contributed by atoms with van der Waals surface area (Å²) in [5.41, 5.74) is 1.26. The van der Waals surface area contributed by atoms with E-state index in [-0.39, 0.29) is 5.41 Å². The van der Waals surface area contributed by atoms with Gasteiger partial charge in [0, 0.05) is 23.8 Å². The first-order valence-corrected chi connectivity index (χ1v) is 7.37. The maximum absolute atomic E-state index is 5.97. The predicted octanol–water partition coefficient (Wildman–Crippen LogP) is 3.54. The van der Waals surface area contributed by atoms with Crippen molar-refractivity contribution in [1.82, 2.24) is 15.0 Å². The lowest BCUT2D eigenvalue weighted by Crippen LogP contribution is -2.12. The average molecular weight is 297 g/mol. The van der Waals surface area contributed by atoms with Gasteiger partial charge in [0.2, 0.25) is 0 Å². The second-order valence-electron chi connectivity index (χ2n) is 5.27. The van der Waals surface area contributed by atoms with Gasteiger partial charge in [0.1, 0.15) is 17.2 Å². The standard InChI is InChI=1S/C13H17ClN4S/c1-13(2,3)10-7-19-11(18-10)4-5-16-12-9(14)6-15-8-17-12/h6-8H,4-5H2,1-3H3,(H,15,16,17).